The summed E-state index contributed by atoms with van der Waals surface area (Å²) in [5.41, 5.74) is 4.60. The number of alkyl halides is 3. The molecule has 23 heavy (non-hydrogen) atoms. The summed E-state index contributed by atoms with van der Waals surface area (Å²) in [5.74, 6) is -2.98. The molecule has 1 aliphatic heterocycles. The van der Waals surface area contributed by atoms with Crippen molar-refractivity contribution in [1.29, 1.82) is 0 Å². The van der Waals surface area contributed by atoms with Gasteiger partial charge in [-0.1, -0.05) is 6.42 Å². The van der Waals surface area contributed by atoms with Crippen molar-refractivity contribution in [3.05, 3.63) is 0 Å². The number of hydrogen-bond acceptors (Lipinski definition) is 3. The third-order valence-corrected chi connectivity index (χ3v) is 5.08. The van der Waals surface area contributed by atoms with E-state index in [9.17, 15) is 22.8 Å². The van der Waals surface area contributed by atoms with Crippen LogP contribution in [0.15, 0.2) is 0 Å². The summed E-state index contributed by atoms with van der Waals surface area (Å²) < 4.78 is 43.6. The summed E-state index contributed by atoms with van der Waals surface area (Å²) >= 11 is 0. The molecule has 0 radical (unpaired) electrons. The number of ether oxygens (including phenoxy) is 1. The molecule has 0 spiro atoms. The van der Waals surface area contributed by atoms with Crippen molar-refractivity contribution in [3.63, 3.8) is 0 Å². The molecule has 0 aromatic carbocycles. The average molecular weight is 336 g/mol. The third-order valence-electron chi connectivity index (χ3n) is 5.08. The zero-order valence-corrected chi connectivity index (χ0v) is 13.0. The van der Waals surface area contributed by atoms with Crippen LogP contribution < -0.4 is 11.1 Å². The van der Waals surface area contributed by atoms with Gasteiger partial charge in [-0.15, -0.1) is 0 Å². The quantitative estimate of drug-likeness (QED) is 0.821. The number of nitrogens with two attached hydrogens (primary N) is 1. The predicted octanol–water partition coefficient (Wildman–Crippen LogP) is 1.75. The maximum atomic E-state index is 12.8. The van der Waals surface area contributed by atoms with Gasteiger partial charge in [0.05, 0.1) is 11.3 Å². The first kappa shape index (κ1) is 18.0. The lowest BCUT2D eigenvalue weighted by Gasteiger charge is -2.35. The van der Waals surface area contributed by atoms with Gasteiger partial charge in [-0.25, -0.2) is 0 Å². The average Bonchev–Trinajstić information content (AvgIpc) is 2.52. The predicted molar refractivity (Wildman–Crippen MR) is 76.2 cm³/mol. The molecule has 0 unspecified atom stereocenters. The molecule has 8 heteroatoms. The number of carbonyl (C=O) groups excluding carboxylic acids is 2. The van der Waals surface area contributed by atoms with Gasteiger partial charge in [0, 0.05) is 25.7 Å². The Morgan fingerprint density at radius 3 is 2.43 bits per heavy atom. The van der Waals surface area contributed by atoms with E-state index < -0.39 is 35.2 Å². The third kappa shape index (κ3) is 4.37. The van der Waals surface area contributed by atoms with Crippen LogP contribution in [0.25, 0.3) is 0 Å². The van der Waals surface area contributed by atoms with Gasteiger partial charge in [0.25, 0.3) is 0 Å². The van der Waals surface area contributed by atoms with Crippen molar-refractivity contribution < 1.29 is 27.5 Å². The van der Waals surface area contributed by atoms with E-state index in [4.69, 9.17) is 10.5 Å². The number of halogens is 3. The van der Waals surface area contributed by atoms with Crippen LogP contribution in [0.1, 0.15) is 38.5 Å². The first-order valence-corrected chi connectivity index (χ1v) is 7.97. The molecule has 2 rings (SSSR count). The lowest BCUT2D eigenvalue weighted by Crippen LogP contribution is -2.50. The van der Waals surface area contributed by atoms with Gasteiger partial charge in [0.15, 0.2) is 0 Å². The summed E-state index contributed by atoms with van der Waals surface area (Å²) in [6.45, 7) is 0.842. The molecule has 0 aromatic heterocycles. The molecule has 1 saturated heterocycles. The normalized spacial score (nSPS) is 28.1. The van der Waals surface area contributed by atoms with Crippen molar-refractivity contribution in [2.45, 2.75) is 44.7 Å². The summed E-state index contributed by atoms with van der Waals surface area (Å²) in [5, 5.41) is 2.65. The fraction of sp³-hybridized carbons (Fsp3) is 0.867. The first-order valence-electron chi connectivity index (χ1n) is 7.97. The van der Waals surface area contributed by atoms with Gasteiger partial charge in [-0.3, -0.25) is 9.59 Å². The SMILES string of the molecule is NC(=O)C1(CNC(=O)[C@@H]2CCC[C@H](C(F)(F)F)C2)CCOCC1. The van der Waals surface area contributed by atoms with Crippen LogP contribution in [0.5, 0.6) is 0 Å². The highest BCUT2D eigenvalue weighted by Gasteiger charge is 2.44. The van der Waals surface area contributed by atoms with Crippen molar-refractivity contribution in [2.75, 3.05) is 19.8 Å². The van der Waals surface area contributed by atoms with Crippen LogP contribution in [0.3, 0.4) is 0 Å². The Morgan fingerprint density at radius 1 is 1.22 bits per heavy atom. The van der Waals surface area contributed by atoms with Gasteiger partial charge in [-0.2, -0.15) is 13.2 Å². The molecule has 2 atom stereocenters. The second-order valence-corrected chi connectivity index (χ2v) is 6.58. The molecule has 1 heterocycles. The Balaban J connectivity index is 1.92. The molecule has 0 aromatic rings. The van der Waals surface area contributed by atoms with Crippen molar-refractivity contribution in [2.24, 2.45) is 23.0 Å². The summed E-state index contributed by atoms with van der Waals surface area (Å²) in [6.07, 6.45) is -2.69. The monoisotopic (exact) mass is 336 g/mol. The molecule has 2 aliphatic rings. The maximum absolute atomic E-state index is 12.8. The Kier molecular flexibility index (Phi) is 5.54. The summed E-state index contributed by atoms with van der Waals surface area (Å²) in [6, 6.07) is 0. The maximum Gasteiger partial charge on any atom is 0.391 e. The van der Waals surface area contributed by atoms with Gasteiger partial charge in [0.2, 0.25) is 11.8 Å². The number of hydrogen-bond donors (Lipinski definition) is 2. The molecule has 0 bridgehead atoms. The van der Waals surface area contributed by atoms with Crippen LogP contribution in [0.2, 0.25) is 0 Å². The fourth-order valence-electron chi connectivity index (χ4n) is 3.40. The van der Waals surface area contributed by atoms with E-state index in [0.29, 0.717) is 38.9 Å². The van der Waals surface area contributed by atoms with Crippen LogP contribution in [0.4, 0.5) is 13.2 Å². The topological polar surface area (TPSA) is 81.4 Å². The minimum Gasteiger partial charge on any atom is -0.381 e. The van der Waals surface area contributed by atoms with Crippen LogP contribution in [-0.2, 0) is 14.3 Å². The van der Waals surface area contributed by atoms with E-state index in [1.54, 1.807) is 0 Å². The van der Waals surface area contributed by atoms with Crippen LogP contribution in [0, 0.1) is 17.3 Å². The van der Waals surface area contributed by atoms with E-state index in [0.717, 1.165) is 0 Å². The van der Waals surface area contributed by atoms with E-state index in [1.165, 1.54) is 0 Å². The molecular weight excluding hydrogens is 313 g/mol. The second kappa shape index (κ2) is 7.07. The summed E-state index contributed by atoms with van der Waals surface area (Å²) in [7, 11) is 0. The van der Waals surface area contributed by atoms with Gasteiger partial charge >= 0.3 is 6.18 Å². The Morgan fingerprint density at radius 2 is 1.87 bits per heavy atom. The molecular formula is C15H23F3N2O3. The highest BCUT2D eigenvalue weighted by atomic mass is 19.4. The highest BCUT2D eigenvalue weighted by Crippen LogP contribution is 2.40. The Bertz CT molecular complexity index is 448. The number of amides is 2. The molecule has 3 N–H and O–H groups in total. The van der Waals surface area contributed by atoms with Crippen molar-refractivity contribution in [3.8, 4) is 0 Å². The number of primary amides is 1. The van der Waals surface area contributed by atoms with E-state index in [2.05, 4.69) is 5.32 Å². The lowest BCUT2D eigenvalue weighted by atomic mass is 9.78. The number of rotatable bonds is 4. The molecule has 2 amide bonds. The Hall–Kier alpha value is -1.31. The zero-order chi connectivity index (χ0) is 17.1. The van der Waals surface area contributed by atoms with E-state index in [-0.39, 0.29) is 19.4 Å². The number of carbonyl (C=O) groups is 2. The van der Waals surface area contributed by atoms with E-state index in [1.807, 2.05) is 0 Å². The number of nitrogens with one attached hydrogen (secondary N) is 1. The minimum atomic E-state index is -4.26. The smallest absolute Gasteiger partial charge is 0.381 e. The molecule has 132 valence electrons. The highest BCUT2D eigenvalue weighted by molar-refractivity contribution is 5.83. The summed E-state index contributed by atoms with van der Waals surface area (Å²) in [4.78, 5) is 23.9. The minimum absolute atomic E-state index is 0.0672. The standard InChI is InChI=1S/C15H23F3N2O3/c16-15(17,18)11-3-1-2-10(8-11)12(21)20-9-14(13(19)22)4-6-23-7-5-14/h10-11H,1-9H2,(H2,19,22)(H,20,21)/t10-,11+/m1/s1. The zero-order valence-electron chi connectivity index (χ0n) is 13.0. The van der Waals surface area contributed by atoms with Crippen molar-refractivity contribution in [1.82, 2.24) is 5.32 Å². The Labute approximate surface area is 133 Å². The van der Waals surface area contributed by atoms with Crippen molar-refractivity contribution >= 4 is 11.8 Å². The molecule has 1 saturated carbocycles. The van der Waals surface area contributed by atoms with Crippen LogP contribution >= 0.6 is 0 Å². The molecule has 1 aliphatic carbocycles. The second-order valence-electron chi connectivity index (χ2n) is 6.58. The lowest BCUT2D eigenvalue weighted by molar-refractivity contribution is -0.186. The molecule has 2 fully saturated rings. The van der Waals surface area contributed by atoms with Gasteiger partial charge < -0.3 is 15.8 Å². The molecule has 5 nitrogen and oxygen atoms in total. The fourth-order valence-corrected chi connectivity index (χ4v) is 3.40. The van der Waals surface area contributed by atoms with E-state index >= 15 is 0 Å². The van der Waals surface area contributed by atoms with Crippen LogP contribution in [-0.4, -0.2) is 37.7 Å². The first-order chi connectivity index (χ1) is 10.7. The van der Waals surface area contributed by atoms with Gasteiger partial charge in [-0.05, 0) is 32.1 Å². The van der Waals surface area contributed by atoms with Gasteiger partial charge in [0.1, 0.15) is 0 Å². The largest absolute Gasteiger partial charge is 0.391 e.